The Kier molecular flexibility index (Phi) is 5.58. The van der Waals surface area contributed by atoms with E-state index < -0.39 is 0 Å². The van der Waals surface area contributed by atoms with Crippen molar-refractivity contribution in [3.8, 4) is 11.5 Å². The van der Waals surface area contributed by atoms with E-state index in [1.54, 1.807) is 13.0 Å². The zero-order valence-corrected chi connectivity index (χ0v) is 14.0. The Morgan fingerprint density at radius 1 is 1.09 bits per heavy atom. The maximum atomic E-state index is 14.4. The summed E-state index contributed by atoms with van der Waals surface area (Å²) in [6, 6.07) is 3.51. The molecule has 0 atom stereocenters. The second-order valence-electron chi connectivity index (χ2n) is 6.87. The van der Waals surface area contributed by atoms with E-state index in [4.69, 9.17) is 9.47 Å². The minimum absolute atomic E-state index is 0.292. The van der Waals surface area contributed by atoms with Crippen LogP contribution in [0.1, 0.15) is 50.5 Å². The molecule has 0 unspecified atom stereocenters. The van der Waals surface area contributed by atoms with Crippen LogP contribution in [-0.4, -0.2) is 13.2 Å². The smallest absolute Gasteiger partial charge is 0.171 e. The molecule has 1 aromatic carbocycles. The van der Waals surface area contributed by atoms with Gasteiger partial charge in [0.15, 0.2) is 11.6 Å². The van der Waals surface area contributed by atoms with Crippen LogP contribution in [0.4, 0.5) is 4.39 Å². The number of allylic oxidation sites excluding steroid dienone is 1. The highest BCUT2D eigenvalue weighted by molar-refractivity contribution is 5.41. The zero-order valence-electron chi connectivity index (χ0n) is 14.0. The molecular weight excluding hydrogens is 291 g/mol. The van der Waals surface area contributed by atoms with Crippen molar-refractivity contribution in [1.29, 1.82) is 0 Å². The highest BCUT2D eigenvalue weighted by atomic mass is 19.1. The Labute approximate surface area is 138 Å². The fourth-order valence-corrected chi connectivity index (χ4v) is 3.22. The summed E-state index contributed by atoms with van der Waals surface area (Å²) in [7, 11) is 0. The maximum absolute atomic E-state index is 14.4. The van der Waals surface area contributed by atoms with Crippen LogP contribution in [0.15, 0.2) is 24.3 Å². The van der Waals surface area contributed by atoms with Gasteiger partial charge in [-0.25, -0.2) is 4.39 Å². The first kappa shape index (κ1) is 16.4. The fraction of sp³-hybridized carbons (Fsp3) is 0.600. The molecule has 3 rings (SSSR count). The molecule has 2 aliphatic carbocycles. The Balaban J connectivity index is 1.49. The third-order valence-electron chi connectivity index (χ3n) is 4.92. The first-order chi connectivity index (χ1) is 11.2. The molecule has 23 heavy (non-hydrogen) atoms. The normalized spacial score (nSPS) is 18.7. The summed E-state index contributed by atoms with van der Waals surface area (Å²) in [6.45, 7) is 2.85. The minimum atomic E-state index is -0.292. The van der Waals surface area contributed by atoms with Crippen molar-refractivity contribution in [2.75, 3.05) is 13.2 Å². The summed E-state index contributed by atoms with van der Waals surface area (Å²) in [5.74, 6) is 2.17. The highest BCUT2D eigenvalue weighted by Crippen LogP contribution is 2.31. The summed E-state index contributed by atoms with van der Waals surface area (Å²) in [4.78, 5) is 0. The molecule has 3 heteroatoms. The molecule has 1 aromatic rings. The number of halogens is 1. The van der Waals surface area contributed by atoms with Gasteiger partial charge in [-0.3, -0.25) is 0 Å². The van der Waals surface area contributed by atoms with Gasteiger partial charge in [-0.05, 0) is 50.2 Å². The predicted octanol–water partition coefficient (Wildman–Crippen LogP) is 5.44. The number of benzene rings is 1. The van der Waals surface area contributed by atoms with Gasteiger partial charge in [0.2, 0.25) is 0 Å². The number of hydrogen-bond acceptors (Lipinski definition) is 2. The first-order valence-electron chi connectivity index (χ1n) is 8.95. The van der Waals surface area contributed by atoms with Gasteiger partial charge >= 0.3 is 0 Å². The van der Waals surface area contributed by atoms with Crippen LogP contribution < -0.4 is 9.47 Å². The van der Waals surface area contributed by atoms with Crippen LogP contribution in [0, 0.1) is 24.6 Å². The van der Waals surface area contributed by atoms with Crippen molar-refractivity contribution in [3.05, 3.63) is 35.7 Å². The highest BCUT2D eigenvalue weighted by Gasteiger charge is 2.17. The second-order valence-corrected chi connectivity index (χ2v) is 6.87. The molecule has 0 spiro atoms. The molecule has 2 fully saturated rings. The summed E-state index contributed by atoms with van der Waals surface area (Å²) < 4.78 is 25.7. The van der Waals surface area contributed by atoms with Gasteiger partial charge in [0.05, 0.1) is 6.61 Å². The van der Waals surface area contributed by atoms with E-state index in [9.17, 15) is 4.39 Å². The third-order valence-corrected chi connectivity index (χ3v) is 4.92. The topological polar surface area (TPSA) is 18.5 Å². The lowest BCUT2D eigenvalue weighted by Crippen LogP contribution is -2.06. The lowest BCUT2D eigenvalue weighted by atomic mass is 10.1. The standard InChI is InChI=1S/C20H27FO2/c1-15-18(22-13-4-7-17-8-9-17)10-11-19(20(15)21)23-14-12-16-5-2-3-6-16/h4,7,10-11,16-17H,2-3,5-6,8-9,12-14H2,1H3/b7-4+. The van der Waals surface area contributed by atoms with Crippen molar-refractivity contribution in [2.45, 2.75) is 51.9 Å². The minimum Gasteiger partial charge on any atom is -0.490 e. The van der Waals surface area contributed by atoms with Crippen LogP contribution in [0.5, 0.6) is 11.5 Å². The molecule has 0 bridgehead atoms. The van der Waals surface area contributed by atoms with Crippen LogP contribution in [0.2, 0.25) is 0 Å². The molecule has 0 aliphatic heterocycles. The van der Waals surface area contributed by atoms with Crippen molar-refractivity contribution in [1.82, 2.24) is 0 Å². The molecule has 0 amide bonds. The third kappa shape index (κ3) is 4.73. The molecule has 126 valence electrons. The van der Waals surface area contributed by atoms with Gasteiger partial charge in [-0.1, -0.05) is 37.8 Å². The van der Waals surface area contributed by atoms with E-state index >= 15 is 0 Å². The van der Waals surface area contributed by atoms with Crippen molar-refractivity contribution in [2.24, 2.45) is 11.8 Å². The first-order valence-corrected chi connectivity index (χ1v) is 8.95. The number of ether oxygens (including phenoxy) is 2. The summed E-state index contributed by atoms with van der Waals surface area (Å²) in [5.41, 5.74) is 0.531. The zero-order chi connectivity index (χ0) is 16.1. The van der Waals surface area contributed by atoms with Gasteiger partial charge in [0, 0.05) is 5.56 Å². The van der Waals surface area contributed by atoms with E-state index in [1.165, 1.54) is 38.5 Å². The predicted molar refractivity (Wildman–Crippen MR) is 90.6 cm³/mol. The molecule has 2 aliphatic rings. The number of rotatable bonds is 8. The van der Waals surface area contributed by atoms with E-state index in [-0.39, 0.29) is 5.82 Å². The molecule has 0 saturated heterocycles. The number of hydrogen-bond donors (Lipinski definition) is 0. The average molecular weight is 318 g/mol. The molecule has 0 radical (unpaired) electrons. The molecule has 2 saturated carbocycles. The molecule has 0 heterocycles. The quantitative estimate of drug-likeness (QED) is 0.594. The Bertz CT molecular complexity index is 543. The second kappa shape index (κ2) is 7.85. The van der Waals surface area contributed by atoms with Crippen molar-refractivity contribution < 1.29 is 13.9 Å². The lowest BCUT2D eigenvalue weighted by molar-refractivity contribution is 0.265. The van der Waals surface area contributed by atoms with Crippen molar-refractivity contribution >= 4 is 0 Å². The van der Waals surface area contributed by atoms with Gasteiger partial charge < -0.3 is 9.47 Å². The lowest BCUT2D eigenvalue weighted by Gasteiger charge is -2.14. The fourth-order valence-electron chi connectivity index (χ4n) is 3.22. The van der Waals surface area contributed by atoms with E-state index in [0.29, 0.717) is 30.3 Å². The summed E-state index contributed by atoms with van der Waals surface area (Å²) in [6.07, 6.45) is 13.1. The largest absolute Gasteiger partial charge is 0.490 e. The molecule has 0 aromatic heterocycles. The van der Waals surface area contributed by atoms with E-state index in [0.717, 1.165) is 18.3 Å². The van der Waals surface area contributed by atoms with Crippen LogP contribution >= 0.6 is 0 Å². The molecule has 2 nitrogen and oxygen atoms in total. The SMILES string of the molecule is Cc1c(OC/C=C/C2CC2)ccc(OCCC2CCCC2)c1F. The summed E-state index contributed by atoms with van der Waals surface area (Å²) in [5, 5.41) is 0. The Hall–Kier alpha value is -1.51. The van der Waals surface area contributed by atoms with E-state index in [1.807, 2.05) is 12.1 Å². The Morgan fingerprint density at radius 2 is 1.83 bits per heavy atom. The van der Waals surface area contributed by atoms with Crippen LogP contribution in [0.25, 0.3) is 0 Å². The van der Waals surface area contributed by atoms with Gasteiger partial charge in [0.25, 0.3) is 0 Å². The van der Waals surface area contributed by atoms with E-state index in [2.05, 4.69) is 6.08 Å². The van der Waals surface area contributed by atoms with Crippen LogP contribution in [-0.2, 0) is 0 Å². The Morgan fingerprint density at radius 3 is 2.57 bits per heavy atom. The van der Waals surface area contributed by atoms with Crippen LogP contribution in [0.3, 0.4) is 0 Å². The monoisotopic (exact) mass is 318 g/mol. The van der Waals surface area contributed by atoms with Gasteiger partial charge in [-0.15, -0.1) is 0 Å². The van der Waals surface area contributed by atoms with Gasteiger partial charge in [-0.2, -0.15) is 0 Å². The van der Waals surface area contributed by atoms with Crippen molar-refractivity contribution in [3.63, 3.8) is 0 Å². The maximum Gasteiger partial charge on any atom is 0.171 e. The molecule has 0 N–H and O–H groups in total. The van der Waals surface area contributed by atoms with Gasteiger partial charge in [0.1, 0.15) is 12.4 Å². The molecular formula is C20H27FO2. The summed E-state index contributed by atoms with van der Waals surface area (Å²) >= 11 is 0. The average Bonchev–Trinajstić information content (AvgIpc) is 3.23.